The van der Waals surface area contributed by atoms with Gasteiger partial charge in [-0.2, -0.15) is 0 Å². The first-order valence-corrected chi connectivity index (χ1v) is 7.76. The Morgan fingerprint density at radius 1 is 1.19 bits per heavy atom. The second-order valence-electron chi connectivity index (χ2n) is 5.44. The summed E-state index contributed by atoms with van der Waals surface area (Å²) in [5.41, 5.74) is 2.69. The second-order valence-corrected chi connectivity index (χ2v) is 5.44. The Kier molecular flexibility index (Phi) is 8.51. The summed E-state index contributed by atoms with van der Waals surface area (Å²) in [5.74, 6) is 1.39. The van der Waals surface area contributed by atoms with Gasteiger partial charge in [0.25, 0.3) is 0 Å². The Morgan fingerprint density at radius 3 is 2.52 bits per heavy atom. The molecule has 0 heterocycles. The lowest BCUT2D eigenvalue weighted by molar-refractivity contribution is 0.114. The summed E-state index contributed by atoms with van der Waals surface area (Å²) in [7, 11) is 1.79. The van der Waals surface area contributed by atoms with Crippen molar-refractivity contribution in [1.82, 2.24) is 10.6 Å². The summed E-state index contributed by atoms with van der Waals surface area (Å²) in [6.07, 6.45) is 1.05. The van der Waals surface area contributed by atoms with E-state index in [0.717, 1.165) is 32.1 Å². The summed E-state index contributed by atoms with van der Waals surface area (Å²) in [6, 6.07) is 8.49. The highest BCUT2D eigenvalue weighted by Gasteiger charge is 2.02. The van der Waals surface area contributed by atoms with Crippen molar-refractivity contribution in [3.8, 4) is 0 Å². The molecule has 0 amide bonds. The maximum atomic E-state index is 5.54. The maximum Gasteiger partial charge on any atom is 0.191 e. The van der Waals surface area contributed by atoms with E-state index >= 15 is 0 Å². The molecule has 0 spiro atoms. The topological polar surface area (TPSA) is 45.7 Å². The molecule has 0 bridgehead atoms. The normalized spacial score (nSPS) is 11.8. The number of rotatable bonds is 8. The largest absolute Gasteiger partial charge is 0.379 e. The van der Waals surface area contributed by atoms with Gasteiger partial charge in [-0.1, -0.05) is 45.0 Å². The number of hydrogen-bond acceptors (Lipinski definition) is 2. The predicted molar refractivity (Wildman–Crippen MR) is 89.7 cm³/mol. The third-order valence-electron chi connectivity index (χ3n) is 3.16. The SMILES string of the molecule is CCc1ccccc1CNC(=NC)NCCOCC(C)C. The monoisotopic (exact) mass is 291 g/mol. The van der Waals surface area contributed by atoms with Gasteiger partial charge in [0.15, 0.2) is 5.96 Å². The van der Waals surface area contributed by atoms with Crippen molar-refractivity contribution in [3.63, 3.8) is 0 Å². The van der Waals surface area contributed by atoms with E-state index in [9.17, 15) is 0 Å². The number of benzene rings is 1. The van der Waals surface area contributed by atoms with Crippen LogP contribution in [-0.2, 0) is 17.7 Å². The molecule has 21 heavy (non-hydrogen) atoms. The molecule has 0 aromatic heterocycles. The van der Waals surface area contributed by atoms with Crippen LogP contribution in [0.25, 0.3) is 0 Å². The summed E-state index contributed by atoms with van der Waals surface area (Å²) in [4.78, 5) is 4.23. The van der Waals surface area contributed by atoms with Crippen molar-refractivity contribution >= 4 is 5.96 Å². The molecule has 1 aromatic rings. The van der Waals surface area contributed by atoms with Gasteiger partial charge in [-0.25, -0.2) is 0 Å². The van der Waals surface area contributed by atoms with E-state index < -0.39 is 0 Å². The molecule has 0 saturated heterocycles. The van der Waals surface area contributed by atoms with E-state index in [0.29, 0.717) is 12.5 Å². The Bertz CT molecular complexity index is 430. The molecule has 1 aromatic carbocycles. The minimum absolute atomic E-state index is 0.577. The molecule has 2 N–H and O–H groups in total. The summed E-state index contributed by atoms with van der Waals surface area (Å²) in [6.45, 7) is 9.54. The van der Waals surface area contributed by atoms with E-state index in [-0.39, 0.29) is 0 Å². The molecule has 4 heteroatoms. The van der Waals surface area contributed by atoms with Crippen LogP contribution < -0.4 is 10.6 Å². The van der Waals surface area contributed by atoms with Crippen LogP contribution in [-0.4, -0.2) is 32.8 Å². The van der Waals surface area contributed by atoms with Crippen LogP contribution in [0.5, 0.6) is 0 Å². The lowest BCUT2D eigenvalue weighted by Gasteiger charge is -2.14. The summed E-state index contributed by atoms with van der Waals surface area (Å²) >= 11 is 0. The first kappa shape index (κ1) is 17.5. The van der Waals surface area contributed by atoms with Gasteiger partial charge in [0, 0.05) is 26.7 Å². The van der Waals surface area contributed by atoms with Gasteiger partial charge in [0.1, 0.15) is 0 Å². The van der Waals surface area contributed by atoms with E-state index in [2.05, 4.69) is 60.7 Å². The number of nitrogens with one attached hydrogen (secondary N) is 2. The third-order valence-corrected chi connectivity index (χ3v) is 3.16. The number of guanidine groups is 1. The van der Waals surface area contributed by atoms with Gasteiger partial charge in [0.2, 0.25) is 0 Å². The van der Waals surface area contributed by atoms with Crippen LogP contribution in [0, 0.1) is 5.92 Å². The standard InChI is InChI=1S/C17H29N3O/c1-5-15-8-6-7-9-16(15)12-20-17(18-4)19-10-11-21-13-14(2)3/h6-9,14H,5,10-13H2,1-4H3,(H2,18,19,20). The van der Waals surface area contributed by atoms with Crippen LogP contribution in [0.15, 0.2) is 29.3 Å². The highest BCUT2D eigenvalue weighted by atomic mass is 16.5. The minimum Gasteiger partial charge on any atom is -0.379 e. The molecule has 0 aliphatic rings. The molecule has 0 unspecified atom stereocenters. The molecule has 0 atom stereocenters. The van der Waals surface area contributed by atoms with Crippen molar-refractivity contribution in [2.45, 2.75) is 33.7 Å². The number of ether oxygens (including phenoxy) is 1. The van der Waals surface area contributed by atoms with Gasteiger partial charge >= 0.3 is 0 Å². The van der Waals surface area contributed by atoms with E-state index in [1.165, 1.54) is 11.1 Å². The second kappa shape index (κ2) is 10.2. The molecule has 4 nitrogen and oxygen atoms in total. The highest BCUT2D eigenvalue weighted by Crippen LogP contribution is 2.08. The van der Waals surface area contributed by atoms with E-state index in [1.54, 1.807) is 7.05 Å². The molecule has 0 radical (unpaired) electrons. The summed E-state index contributed by atoms with van der Waals surface area (Å²) < 4.78 is 5.54. The van der Waals surface area contributed by atoms with Crippen LogP contribution in [0.2, 0.25) is 0 Å². The fourth-order valence-corrected chi connectivity index (χ4v) is 2.04. The van der Waals surface area contributed by atoms with Gasteiger partial charge in [-0.05, 0) is 23.5 Å². The van der Waals surface area contributed by atoms with Crippen LogP contribution in [0.4, 0.5) is 0 Å². The van der Waals surface area contributed by atoms with Gasteiger partial charge in [-0.3, -0.25) is 4.99 Å². The lowest BCUT2D eigenvalue weighted by atomic mass is 10.1. The van der Waals surface area contributed by atoms with E-state index in [1.807, 2.05) is 0 Å². The van der Waals surface area contributed by atoms with Crippen LogP contribution in [0.3, 0.4) is 0 Å². The molecular formula is C17H29N3O. The smallest absolute Gasteiger partial charge is 0.191 e. The maximum absolute atomic E-state index is 5.54. The van der Waals surface area contributed by atoms with Crippen molar-refractivity contribution in [2.75, 3.05) is 26.8 Å². The van der Waals surface area contributed by atoms with Crippen molar-refractivity contribution < 1.29 is 4.74 Å². The number of nitrogens with zero attached hydrogens (tertiary/aromatic N) is 1. The van der Waals surface area contributed by atoms with E-state index in [4.69, 9.17) is 4.74 Å². The molecule has 1 rings (SSSR count). The van der Waals surface area contributed by atoms with Gasteiger partial charge < -0.3 is 15.4 Å². The van der Waals surface area contributed by atoms with Crippen LogP contribution >= 0.6 is 0 Å². The van der Waals surface area contributed by atoms with Crippen molar-refractivity contribution in [3.05, 3.63) is 35.4 Å². The molecule has 0 saturated carbocycles. The van der Waals surface area contributed by atoms with Crippen molar-refractivity contribution in [1.29, 1.82) is 0 Å². The Labute approximate surface area is 129 Å². The Balaban J connectivity index is 2.31. The minimum atomic E-state index is 0.577. The molecular weight excluding hydrogens is 262 g/mol. The van der Waals surface area contributed by atoms with Crippen molar-refractivity contribution in [2.24, 2.45) is 10.9 Å². The fourth-order valence-electron chi connectivity index (χ4n) is 2.04. The molecule has 118 valence electrons. The number of aryl methyl sites for hydroxylation is 1. The lowest BCUT2D eigenvalue weighted by Crippen LogP contribution is -2.38. The molecule has 0 aliphatic carbocycles. The Morgan fingerprint density at radius 2 is 1.90 bits per heavy atom. The molecule has 0 fully saturated rings. The number of aliphatic imine (C=N–C) groups is 1. The third kappa shape index (κ3) is 7.14. The zero-order chi connectivity index (χ0) is 15.5. The Hall–Kier alpha value is -1.55. The first-order valence-electron chi connectivity index (χ1n) is 7.76. The first-order chi connectivity index (χ1) is 10.2. The summed E-state index contributed by atoms with van der Waals surface area (Å²) in [5, 5.41) is 6.61. The number of hydrogen-bond donors (Lipinski definition) is 2. The zero-order valence-electron chi connectivity index (χ0n) is 13.8. The molecule has 0 aliphatic heterocycles. The average molecular weight is 291 g/mol. The quantitative estimate of drug-likeness (QED) is 0.440. The predicted octanol–water partition coefficient (Wildman–Crippen LogP) is 2.59. The average Bonchev–Trinajstić information content (AvgIpc) is 2.50. The zero-order valence-corrected chi connectivity index (χ0v) is 13.8. The highest BCUT2D eigenvalue weighted by molar-refractivity contribution is 5.79. The van der Waals surface area contributed by atoms with Gasteiger partial charge in [-0.15, -0.1) is 0 Å². The fraction of sp³-hybridized carbons (Fsp3) is 0.588. The van der Waals surface area contributed by atoms with Crippen LogP contribution in [0.1, 0.15) is 31.9 Å². The van der Waals surface area contributed by atoms with Gasteiger partial charge in [0.05, 0.1) is 6.61 Å².